The summed E-state index contributed by atoms with van der Waals surface area (Å²) in [7, 11) is -2.96. The third-order valence-corrected chi connectivity index (χ3v) is 8.92. The Morgan fingerprint density at radius 1 is 0.885 bits per heavy atom. The molecule has 0 spiro atoms. The van der Waals surface area contributed by atoms with Crippen LogP contribution in [0.25, 0.3) is 0 Å². The molecule has 7 heteroatoms. The number of nitrogens with zero attached hydrogens (tertiary/aromatic N) is 4. The van der Waals surface area contributed by atoms with Gasteiger partial charge in [-0.25, -0.2) is 12.7 Å². The second-order valence-electron chi connectivity index (χ2n) is 8.28. The lowest BCUT2D eigenvalue weighted by Gasteiger charge is -2.40. The van der Waals surface area contributed by atoms with Gasteiger partial charge in [0.2, 0.25) is 10.0 Å². The minimum absolute atomic E-state index is 0.0518. The molecule has 3 aliphatic rings. The van der Waals surface area contributed by atoms with Crippen molar-refractivity contribution < 1.29 is 8.42 Å². The van der Waals surface area contributed by atoms with Crippen LogP contribution in [0.1, 0.15) is 44.9 Å². The Balaban J connectivity index is 1.16. The van der Waals surface area contributed by atoms with Gasteiger partial charge in [0.25, 0.3) is 0 Å². The molecule has 1 saturated carbocycles. The highest BCUT2D eigenvalue weighted by Crippen LogP contribution is 2.36. The first-order chi connectivity index (χ1) is 12.6. The number of aryl methyl sites for hydroxylation is 1. The van der Waals surface area contributed by atoms with Crippen molar-refractivity contribution in [2.24, 2.45) is 11.8 Å². The van der Waals surface area contributed by atoms with E-state index in [9.17, 15) is 8.42 Å². The Kier molecular flexibility index (Phi) is 5.66. The highest BCUT2D eigenvalue weighted by molar-refractivity contribution is 7.90. The predicted octanol–water partition coefficient (Wildman–Crippen LogP) is 2.19. The number of piperidine rings is 2. The van der Waals surface area contributed by atoms with Gasteiger partial charge in [-0.05, 0) is 82.5 Å². The van der Waals surface area contributed by atoms with E-state index in [-0.39, 0.29) is 5.25 Å². The molecule has 0 aromatic carbocycles. The third-order valence-electron chi connectivity index (χ3n) is 6.52. The SMILES string of the molecule is O=S(=O)(C1CC1)N1CCC(C2CCN(CCCn3cccn3)CC2)CC1. The minimum atomic E-state index is -2.96. The summed E-state index contributed by atoms with van der Waals surface area (Å²) in [5, 5.41) is 4.21. The monoisotopic (exact) mass is 380 g/mol. The van der Waals surface area contributed by atoms with Gasteiger partial charge in [-0.3, -0.25) is 4.68 Å². The zero-order valence-electron chi connectivity index (χ0n) is 15.7. The largest absolute Gasteiger partial charge is 0.303 e. The molecule has 1 aromatic heterocycles. The van der Waals surface area contributed by atoms with E-state index < -0.39 is 10.0 Å². The fourth-order valence-electron chi connectivity index (χ4n) is 4.72. The van der Waals surface area contributed by atoms with E-state index >= 15 is 0 Å². The van der Waals surface area contributed by atoms with E-state index in [2.05, 4.69) is 10.00 Å². The van der Waals surface area contributed by atoms with Crippen LogP contribution in [0.15, 0.2) is 18.5 Å². The number of sulfonamides is 1. The topological polar surface area (TPSA) is 58.4 Å². The molecule has 3 heterocycles. The number of hydrogen-bond acceptors (Lipinski definition) is 4. The van der Waals surface area contributed by atoms with Gasteiger partial charge in [0.15, 0.2) is 0 Å². The maximum absolute atomic E-state index is 12.4. The Labute approximate surface area is 157 Å². The quantitative estimate of drug-likeness (QED) is 0.728. The van der Waals surface area contributed by atoms with Gasteiger partial charge >= 0.3 is 0 Å². The van der Waals surface area contributed by atoms with E-state index in [4.69, 9.17) is 0 Å². The molecule has 0 amide bonds. The lowest BCUT2D eigenvalue weighted by Crippen LogP contribution is -2.43. The average Bonchev–Trinajstić information content (AvgIpc) is 3.41. The first-order valence-corrected chi connectivity index (χ1v) is 11.8. The maximum Gasteiger partial charge on any atom is 0.216 e. The minimum Gasteiger partial charge on any atom is -0.303 e. The zero-order chi connectivity index (χ0) is 18.0. The standard InChI is InChI=1S/C19H32N4O2S/c24-26(25,19-3-4-19)23-15-7-18(8-16-23)17-5-13-21(14-6-17)10-2-12-22-11-1-9-20-22/h1,9,11,17-19H,2-8,10,12-16H2. The van der Waals surface area contributed by atoms with Gasteiger partial charge in [0.05, 0.1) is 5.25 Å². The lowest BCUT2D eigenvalue weighted by molar-refractivity contribution is 0.116. The fraction of sp³-hybridized carbons (Fsp3) is 0.842. The first kappa shape index (κ1) is 18.4. The molecular formula is C19H32N4O2S. The van der Waals surface area contributed by atoms with Gasteiger partial charge < -0.3 is 4.90 Å². The molecule has 0 N–H and O–H groups in total. The summed E-state index contributed by atoms with van der Waals surface area (Å²) in [5.74, 6) is 1.52. The van der Waals surface area contributed by atoms with E-state index in [1.165, 1.54) is 25.9 Å². The van der Waals surface area contributed by atoms with E-state index in [1.807, 2.05) is 23.1 Å². The van der Waals surface area contributed by atoms with Crippen molar-refractivity contribution in [3.05, 3.63) is 18.5 Å². The maximum atomic E-state index is 12.4. The van der Waals surface area contributed by atoms with Crippen LogP contribution in [0, 0.1) is 11.8 Å². The van der Waals surface area contributed by atoms with Crippen LogP contribution in [0.2, 0.25) is 0 Å². The smallest absolute Gasteiger partial charge is 0.216 e. The number of rotatable bonds is 7. The van der Waals surface area contributed by atoms with Crippen molar-refractivity contribution in [3.8, 4) is 0 Å². The molecule has 3 fully saturated rings. The molecule has 0 unspecified atom stereocenters. The molecule has 4 rings (SSSR count). The molecule has 0 radical (unpaired) electrons. The summed E-state index contributed by atoms with van der Waals surface area (Å²) >= 11 is 0. The van der Waals surface area contributed by atoms with Crippen LogP contribution >= 0.6 is 0 Å². The van der Waals surface area contributed by atoms with Crippen molar-refractivity contribution in [2.45, 2.75) is 56.7 Å². The molecule has 146 valence electrons. The predicted molar refractivity (Wildman–Crippen MR) is 102 cm³/mol. The molecule has 1 aromatic rings. The van der Waals surface area contributed by atoms with Crippen molar-refractivity contribution in [1.29, 1.82) is 0 Å². The third kappa shape index (κ3) is 4.31. The van der Waals surface area contributed by atoms with Gasteiger partial charge in [0, 0.05) is 32.0 Å². The second kappa shape index (κ2) is 7.98. The summed E-state index contributed by atoms with van der Waals surface area (Å²) in [6.45, 7) is 6.07. The summed E-state index contributed by atoms with van der Waals surface area (Å²) in [5.41, 5.74) is 0. The van der Waals surface area contributed by atoms with E-state index in [0.29, 0.717) is 0 Å². The number of aromatic nitrogens is 2. The summed E-state index contributed by atoms with van der Waals surface area (Å²) in [6, 6.07) is 1.98. The van der Waals surface area contributed by atoms with Gasteiger partial charge in [0.1, 0.15) is 0 Å². The van der Waals surface area contributed by atoms with Crippen molar-refractivity contribution in [1.82, 2.24) is 19.0 Å². The Hall–Kier alpha value is -0.920. The molecule has 1 aliphatic carbocycles. The summed E-state index contributed by atoms with van der Waals surface area (Å²) < 4.78 is 28.5. The molecule has 2 aliphatic heterocycles. The normalized spacial score (nSPS) is 24.9. The molecule has 0 atom stereocenters. The van der Waals surface area contributed by atoms with Crippen molar-refractivity contribution in [3.63, 3.8) is 0 Å². The molecule has 6 nitrogen and oxygen atoms in total. The fourth-order valence-corrected chi connectivity index (χ4v) is 6.59. The van der Waals surface area contributed by atoms with Crippen LogP contribution in [0.4, 0.5) is 0 Å². The van der Waals surface area contributed by atoms with Crippen LogP contribution in [-0.4, -0.2) is 65.4 Å². The molecule has 0 bridgehead atoms. The molecule has 2 saturated heterocycles. The number of likely N-dealkylation sites (tertiary alicyclic amines) is 1. The second-order valence-corrected chi connectivity index (χ2v) is 10.5. The molecule has 26 heavy (non-hydrogen) atoms. The van der Waals surface area contributed by atoms with Crippen molar-refractivity contribution in [2.75, 3.05) is 32.7 Å². The van der Waals surface area contributed by atoms with Crippen LogP contribution in [-0.2, 0) is 16.6 Å². The van der Waals surface area contributed by atoms with Crippen LogP contribution in [0.3, 0.4) is 0 Å². The number of hydrogen-bond donors (Lipinski definition) is 0. The summed E-state index contributed by atoms with van der Waals surface area (Å²) in [6.07, 6.45) is 11.5. The summed E-state index contributed by atoms with van der Waals surface area (Å²) in [4.78, 5) is 2.59. The first-order valence-electron chi connectivity index (χ1n) is 10.3. The average molecular weight is 381 g/mol. The lowest BCUT2D eigenvalue weighted by atomic mass is 9.79. The van der Waals surface area contributed by atoms with Crippen molar-refractivity contribution >= 4 is 10.0 Å². The zero-order valence-corrected chi connectivity index (χ0v) is 16.5. The van der Waals surface area contributed by atoms with Gasteiger partial charge in [-0.2, -0.15) is 5.10 Å². The molecular weight excluding hydrogens is 348 g/mol. The van der Waals surface area contributed by atoms with E-state index in [1.54, 1.807) is 4.31 Å². The Morgan fingerprint density at radius 3 is 2.12 bits per heavy atom. The Bertz CT molecular complexity index is 656. The van der Waals surface area contributed by atoms with Crippen LogP contribution in [0.5, 0.6) is 0 Å². The van der Waals surface area contributed by atoms with Crippen LogP contribution < -0.4 is 0 Å². The highest BCUT2D eigenvalue weighted by Gasteiger charge is 2.42. The van der Waals surface area contributed by atoms with Gasteiger partial charge in [-0.1, -0.05) is 0 Å². The van der Waals surface area contributed by atoms with Gasteiger partial charge in [-0.15, -0.1) is 0 Å². The van der Waals surface area contributed by atoms with E-state index in [0.717, 1.165) is 70.1 Å². The Morgan fingerprint density at radius 2 is 1.54 bits per heavy atom. The highest BCUT2D eigenvalue weighted by atomic mass is 32.2.